The van der Waals surface area contributed by atoms with Crippen molar-refractivity contribution in [3.8, 4) is 0 Å². The zero-order valence-corrected chi connectivity index (χ0v) is 20.4. The van der Waals surface area contributed by atoms with Crippen LogP contribution in [0.3, 0.4) is 0 Å². The molecule has 0 unspecified atom stereocenters. The zero-order chi connectivity index (χ0) is 19.7. The van der Waals surface area contributed by atoms with Gasteiger partial charge in [-0.05, 0) is 32.5 Å². The van der Waals surface area contributed by atoms with Crippen molar-refractivity contribution in [3.63, 3.8) is 0 Å². The maximum Gasteiger partial charge on any atom is 0.262 e. The van der Waals surface area contributed by atoms with Crippen LogP contribution in [0.5, 0.6) is 0 Å². The SMILES string of the molecule is CCCCCCCCCCCCCCCCCC[N+](C)(C)O[Si](C)(C)C. The summed E-state index contributed by atoms with van der Waals surface area (Å²) >= 11 is 0. The van der Waals surface area contributed by atoms with Crippen LogP contribution < -0.4 is 0 Å². The highest BCUT2D eigenvalue weighted by Crippen LogP contribution is 2.15. The van der Waals surface area contributed by atoms with E-state index in [1.165, 1.54) is 103 Å². The van der Waals surface area contributed by atoms with Crippen LogP contribution in [0.4, 0.5) is 0 Å². The lowest BCUT2D eigenvalue weighted by atomic mass is 10.0. The summed E-state index contributed by atoms with van der Waals surface area (Å²) in [7, 11) is 2.99. The van der Waals surface area contributed by atoms with Gasteiger partial charge in [0.25, 0.3) is 8.32 Å². The van der Waals surface area contributed by atoms with E-state index in [9.17, 15) is 0 Å². The molecule has 0 heterocycles. The quantitative estimate of drug-likeness (QED) is 0.0943. The first-order valence-electron chi connectivity index (χ1n) is 11.8. The van der Waals surface area contributed by atoms with E-state index in [-0.39, 0.29) is 0 Å². The van der Waals surface area contributed by atoms with Crippen LogP contribution >= 0.6 is 0 Å². The highest BCUT2D eigenvalue weighted by atomic mass is 28.4. The molecule has 0 aliphatic rings. The molecule has 0 aliphatic heterocycles. The second-order valence-corrected chi connectivity index (χ2v) is 14.2. The van der Waals surface area contributed by atoms with Crippen molar-refractivity contribution < 1.29 is 9.17 Å². The average Bonchev–Trinajstić information content (AvgIpc) is 2.52. The predicted octanol–water partition coefficient (Wildman–Crippen LogP) is 8.09. The smallest absolute Gasteiger partial charge is 0.259 e. The Hall–Kier alpha value is 0.137. The molecule has 0 aliphatic carbocycles. The molecule has 26 heavy (non-hydrogen) atoms. The second-order valence-electron chi connectivity index (χ2n) is 9.80. The molecule has 0 amide bonds. The van der Waals surface area contributed by atoms with Crippen LogP contribution in [-0.2, 0) is 4.53 Å². The van der Waals surface area contributed by atoms with Gasteiger partial charge in [-0.15, -0.1) is 0 Å². The summed E-state index contributed by atoms with van der Waals surface area (Å²) in [6.45, 7) is 10.3. The molecular formula is C23H52NOSi+. The van der Waals surface area contributed by atoms with Gasteiger partial charge in [0.15, 0.2) is 0 Å². The van der Waals surface area contributed by atoms with Crippen molar-refractivity contribution in [2.75, 3.05) is 20.6 Å². The number of hydrogen-bond donors (Lipinski definition) is 0. The van der Waals surface area contributed by atoms with Gasteiger partial charge in [0, 0.05) is 0 Å². The molecule has 0 saturated heterocycles. The first-order chi connectivity index (χ1) is 12.3. The molecule has 0 rings (SSSR count). The lowest BCUT2D eigenvalue weighted by Crippen LogP contribution is -2.48. The molecule has 0 aromatic heterocycles. The molecule has 0 atom stereocenters. The number of hydroxylamine groups is 3. The van der Waals surface area contributed by atoms with E-state index in [2.05, 4.69) is 40.7 Å². The monoisotopic (exact) mass is 386 g/mol. The highest BCUT2D eigenvalue weighted by Gasteiger charge is 2.27. The third-order valence-corrected chi connectivity index (χ3v) is 6.11. The molecule has 0 aromatic carbocycles. The molecule has 2 nitrogen and oxygen atoms in total. The van der Waals surface area contributed by atoms with Gasteiger partial charge in [-0.3, -0.25) is 4.53 Å². The molecule has 158 valence electrons. The van der Waals surface area contributed by atoms with Gasteiger partial charge < -0.3 is 0 Å². The van der Waals surface area contributed by atoms with Crippen LogP contribution in [0.2, 0.25) is 19.6 Å². The van der Waals surface area contributed by atoms with Crippen LogP contribution in [0, 0.1) is 0 Å². The standard InChI is InChI=1S/C23H52NOSi/c1-7-8-9-10-11-12-13-14-15-16-17-18-19-20-21-22-23-24(2,3)25-26(4,5)6/h7-23H2,1-6H3/q+1. The van der Waals surface area contributed by atoms with Crippen molar-refractivity contribution >= 4 is 8.32 Å². The van der Waals surface area contributed by atoms with E-state index in [1.807, 2.05) is 0 Å². The van der Waals surface area contributed by atoms with E-state index >= 15 is 0 Å². The van der Waals surface area contributed by atoms with Crippen molar-refractivity contribution in [2.24, 2.45) is 0 Å². The van der Waals surface area contributed by atoms with Crippen molar-refractivity contribution in [2.45, 2.75) is 129 Å². The summed E-state index contributed by atoms with van der Waals surface area (Å²) in [5.41, 5.74) is 0. The topological polar surface area (TPSA) is 9.23 Å². The molecule has 3 heteroatoms. The maximum atomic E-state index is 6.23. The number of unbranched alkanes of at least 4 members (excludes halogenated alkanes) is 15. The fourth-order valence-electron chi connectivity index (χ4n) is 3.83. The summed E-state index contributed by atoms with van der Waals surface area (Å²) in [6, 6.07) is 0. The first kappa shape index (κ1) is 26.1. The Labute approximate surface area is 167 Å². The van der Waals surface area contributed by atoms with E-state index < -0.39 is 8.32 Å². The molecular weight excluding hydrogens is 334 g/mol. The van der Waals surface area contributed by atoms with E-state index in [0.717, 1.165) is 11.2 Å². The Balaban J connectivity index is 3.25. The molecule has 0 aromatic rings. The minimum absolute atomic E-state index is 0.744. The Kier molecular flexibility index (Phi) is 16.2. The first-order valence-corrected chi connectivity index (χ1v) is 15.2. The normalized spacial score (nSPS) is 12.7. The summed E-state index contributed by atoms with van der Waals surface area (Å²) in [5.74, 6) is 0. The Bertz CT molecular complexity index is 299. The molecule has 0 spiro atoms. The van der Waals surface area contributed by atoms with Gasteiger partial charge >= 0.3 is 0 Å². The lowest BCUT2D eigenvalue weighted by Gasteiger charge is -2.33. The Morgan fingerprint density at radius 3 is 1.15 bits per heavy atom. The van der Waals surface area contributed by atoms with Gasteiger partial charge in [-0.2, -0.15) is 4.65 Å². The summed E-state index contributed by atoms with van der Waals surface area (Å²) in [5, 5.41) is 0. The summed E-state index contributed by atoms with van der Waals surface area (Å²) in [6.07, 6.45) is 22.9. The van der Waals surface area contributed by atoms with Gasteiger partial charge in [0.05, 0.1) is 14.1 Å². The van der Waals surface area contributed by atoms with Gasteiger partial charge in [0.2, 0.25) is 0 Å². The van der Waals surface area contributed by atoms with E-state index in [1.54, 1.807) is 0 Å². The average molecular weight is 387 g/mol. The van der Waals surface area contributed by atoms with Gasteiger partial charge in [0.1, 0.15) is 6.54 Å². The van der Waals surface area contributed by atoms with Crippen LogP contribution in [0.15, 0.2) is 0 Å². The zero-order valence-electron chi connectivity index (χ0n) is 19.4. The highest BCUT2D eigenvalue weighted by molar-refractivity contribution is 6.69. The fourth-order valence-corrected chi connectivity index (χ4v) is 5.40. The Morgan fingerprint density at radius 2 is 0.846 bits per heavy atom. The molecule has 0 bridgehead atoms. The van der Waals surface area contributed by atoms with Crippen molar-refractivity contribution in [1.82, 2.24) is 0 Å². The van der Waals surface area contributed by atoms with E-state index in [0.29, 0.717) is 0 Å². The molecule has 0 fully saturated rings. The van der Waals surface area contributed by atoms with Gasteiger partial charge in [-0.25, -0.2) is 0 Å². The lowest BCUT2D eigenvalue weighted by molar-refractivity contribution is -1.06. The number of rotatable bonds is 19. The maximum absolute atomic E-state index is 6.23. The minimum atomic E-state index is -1.43. The molecule has 0 saturated carbocycles. The number of quaternary nitrogens is 1. The number of hydrogen-bond acceptors (Lipinski definition) is 1. The van der Waals surface area contributed by atoms with E-state index in [4.69, 9.17) is 4.53 Å². The predicted molar refractivity (Wildman–Crippen MR) is 121 cm³/mol. The van der Waals surface area contributed by atoms with Gasteiger partial charge in [-0.1, -0.05) is 96.8 Å². The molecule has 0 radical (unpaired) electrons. The van der Waals surface area contributed by atoms with Crippen molar-refractivity contribution in [3.05, 3.63) is 0 Å². The largest absolute Gasteiger partial charge is 0.262 e. The fraction of sp³-hybridized carbons (Fsp3) is 1.00. The third kappa shape index (κ3) is 20.4. The van der Waals surface area contributed by atoms with Crippen LogP contribution in [0.25, 0.3) is 0 Å². The third-order valence-electron chi connectivity index (χ3n) is 5.07. The van der Waals surface area contributed by atoms with Crippen molar-refractivity contribution in [1.29, 1.82) is 0 Å². The van der Waals surface area contributed by atoms with Crippen LogP contribution in [-0.4, -0.2) is 33.6 Å². The Morgan fingerprint density at radius 1 is 0.538 bits per heavy atom. The second kappa shape index (κ2) is 16.1. The summed E-state index contributed by atoms with van der Waals surface area (Å²) < 4.78 is 6.97. The summed E-state index contributed by atoms with van der Waals surface area (Å²) in [4.78, 5) is 0. The number of nitrogens with zero attached hydrogens (tertiary/aromatic N) is 1. The minimum Gasteiger partial charge on any atom is -0.259 e. The molecule has 0 N–H and O–H groups in total. The van der Waals surface area contributed by atoms with Crippen LogP contribution in [0.1, 0.15) is 110 Å².